The Morgan fingerprint density at radius 1 is 1.39 bits per heavy atom. The van der Waals surface area contributed by atoms with Crippen molar-refractivity contribution in [3.05, 3.63) is 35.9 Å². The van der Waals surface area contributed by atoms with Gasteiger partial charge in [0.2, 0.25) is 0 Å². The molecule has 0 saturated heterocycles. The third-order valence-corrected chi connectivity index (χ3v) is 3.14. The minimum absolute atomic E-state index is 0.190. The summed E-state index contributed by atoms with van der Waals surface area (Å²) < 4.78 is 5.05. The van der Waals surface area contributed by atoms with Crippen molar-refractivity contribution in [2.45, 2.75) is 31.1 Å². The average Bonchev–Trinajstić information content (AvgIpc) is 2.35. The minimum Gasteiger partial charge on any atom is -0.445 e. The number of carbonyl (C=O) groups is 1. The summed E-state index contributed by atoms with van der Waals surface area (Å²) in [5.74, 6) is 0. The fraction of sp³-hybridized carbons (Fsp3) is 0.462. The van der Waals surface area contributed by atoms with Crippen LogP contribution in [0.2, 0.25) is 0 Å². The summed E-state index contributed by atoms with van der Waals surface area (Å²) in [5.41, 5.74) is 0.187. The van der Waals surface area contributed by atoms with Gasteiger partial charge in [-0.3, -0.25) is 0 Å². The molecule has 0 aliphatic heterocycles. The van der Waals surface area contributed by atoms with Crippen LogP contribution >= 0.6 is 0 Å². The molecular formula is C13H17NO4. The van der Waals surface area contributed by atoms with E-state index in [9.17, 15) is 15.0 Å². The minimum atomic E-state index is -0.715. The van der Waals surface area contributed by atoms with Gasteiger partial charge < -0.3 is 20.3 Å². The largest absolute Gasteiger partial charge is 0.445 e. The van der Waals surface area contributed by atoms with Crippen LogP contribution in [-0.4, -0.2) is 34.6 Å². The topological polar surface area (TPSA) is 78.8 Å². The van der Waals surface area contributed by atoms with Crippen molar-refractivity contribution in [3.8, 4) is 0 Å². The van der Waals surface area contributed by atoms with E-state index in [2.05, 4.69) is 5.32 Å². The Kier molecular flexibility index (Phi) is 3.84. The van der Waals surface area contributed by atoms with Gasteiger partial charge in [-0.25, -0.2) is 4.79 Å². The zero-order chi connectivity index (χ0) is 13.0. The van der Waals surface area contributed by atoms with Crippen LogP contribution in [0.15, 0.2) is 30.3 Å². The number of benzene rings is 1. The number of rotatable bonds is 4. The SMILES string of the molecule is O=C(NC1(CO)CC(O)C1)OCc1ccccc1. The summed E-state index contributed by atoms with van der Waals surface area (Å²) >= 11 is 0. The van der Waals surface area contributed by atoms with Gasteiger partial charge in [0.05, 0.1) is 18.2 Å². The summed E-state index contributed by atoms with van der Waals surface area (Å²) in [6.07, 6.45) is -0.292. The van der Waals surface area contributed by atoms with Crippen molar-refractivity contribution in [2.24, 2.45) is 0 Å². The van der Waals surface area contributed by atoms with Crippen LogP contribution in [0.4, 0.5) is 4.79 Å². The van der Waals surface area contributed by atoms with E-state index in [1.165, 1.54) is 0 Å². The molecular weight excluding hydrogens is 234 g/mol. The molecule has 1 aromatic rings. The predicted octanol–water partition coefficient (Wildman–Crippen LogP) is 0.799. The molecule has 0 radical (unpaired) electrons. The number of hydrogen-bond acceptors (Lipinski definition) is 4. The Labute approximate surface area is 105 Å². The molecule has 18 heavy (non-hydrogen) atoms. The highest BCUT2D eigenvalue weighted by molar-refractivity contribution is 5.68. The van der Waals surface area contributed by atoms with Crippen molar-refractivity contribution >= 4 is 6.09 Å². The monoisotopic (exact) mass is 251 g/mol. The molecule has 1 fully saturated rings. The van der Waals surface area contributed by atoms with E-state index >= 15 is 0 Å². The Hall–Kier alpha value is -1.59. The van der Waals surface area contributed by atoms with Crippen LogP contribution in [-0.2, 0) is 11.3 Å². The molecule has 0 aromatic heterocycles. The van der Waals surface area contributed by atoms with Gasteiger partial charge in [-0.1, -0.05) is 30.3 Å². The van der Waals surface area contributed by atoms with Gasteiger partial charge in [0.1, 0.15) is 6.61 Å². The molecule has 0 atom stereocenters. The maximum atomic E-state index is 11.6. The number of nitrogens with one attached hydrogen (secondary N) is 1. The standard InChI is InChI=1S/C13H17NO4/c15-9-13(6-11(16)7-13)14-12(17)18-8-10-4-2-1-3-5-10/h1-5,11,15-16H,6-9H2,(H,14,17). The quantitative estimate of drug-likeness (QED) is 0.739. The van der Waals surface area contributed by atoms with E-state index in [0.717, 1.165) is 5.56 Å². The number of carbonyl (C=O) groups excluding carboxylic acids is 1. The molecule has 3 N–H and O–H groups in total. The van der Waals surface area contributed by atoms with Gasteiger partial charge in [0, 0.05) is 0 Å². The number of aliphatic hydroxyl groups is 2. The molecule has 1 amide bonds. The molecule has 5 nitrogen and oxygen atoms in total. The molecule has 1 aliphatic rings. The third kappa shape index (κ3) is 3.00. The van der Waals surface area contributed by atoms with Crippen LogP contribution in [0.3, 0.4) is 0 Å². The molecule has 98 valence electrons. The average molecular weight is 251 g/mol. The van der Waals surface area contributed by atoms with Crippen molar-refractivity contribution < 1.29 is 19.7 Å². The lowest BCUT2D eigenvalue weighted by molar-refractivity contribution is -0.0273. The highest BCUT2D eigenvalue weighted by Crippen LogP contribution is 2.31. The first-order valence-electron chi connectivity index (χ1n) is 5.91. The predicted molar refractivity (Wildman–Crippen MR) is 64.8 cm³/mol. The lowest BCUT2D eigenvalue weighted by Crippen LogP contribution is -2.61. The van der Waals surface area contributed by atoms with E-state index < -0.39 is 17.7 Å². The number of ether oxygens (including phenoxy) is 1. The summed E-state index contributed by atoms with van der Waals surface area (Å²) in [5, 5.41) is 21.0. The molecule has 2 rings (SSSR count). The Morgan fingerprint density at radius 2 is 2.06 bits per heavy atom. The second-order valence-electron chi connectivity index (χ2n) is 4.69. The molecule has 0 unspecified atom stereocenters. The van der Waals surface area contributed by atoms with E-state index in [1.807, 2.05) is 30.3 Å². The zero-order valence-corrected chi connectivity index (χ0v) is 10.0. The van der Waals surface area contributed by atoms with Crippen LogP contribution in [0, 0.1) is 0 Å². The van der Waals surface area contributed by atoms with E-state index in [0.29, 0.717) is 12.8 Å². The van der Waals surface area contributed by atoms with E-state index in [4.69, 9.17) is 4.74 Å². The van der Waals surface area contributed by atoms with Gasteiger partial charge in [-0.15, -0.1) is 0 Å². The van der Waals surface area contributed by atoms with Crippen LogP contribution in [0.5, 0.6) is 0 Å². The molecule has 1 aliphatic carbocycles. The van der Waals surface area contributed by atoms with Crippen molar-refractivity contribution in [1.29, 1.82) is 0 Å². The van der Waals surface area contributed by atoms with Gasteiger partial charge in [-0.05, 0) is 18.4 Å². The highest BCUT2D eigenvalue weighted by atomic mass is 16.5. The van der Waals surface area contributed by atoms with Gasteiger partial charge in [-0.2, -0.15) is 0 Å². The zero-order valence-electron chi connectivity index (χ0n) is 10.0. The smallest absolute Gasteiger partial charge is 0.407 e. The number of hydrogen-bond donors (Lipinski definition) is 3. The van der Waals surface area contributed by atoms with Crippen molar-refractivity contribution in [1.82, 2.24) is 5.32 Å². The Balaban J connectivity index is 1.79. The van der Waals surface area contributed by atoms with E-state index in [-0.39, 0.29) is 13.2 Å². The molecule has 0 spiro atoms. The first-order valence-corrected chi connectivity index (χ1v) is 5.91. The fourth-order valence-electron chi connectivity index (χ4n) is 2.09. The second-order valence-corrected chi connectivity index (χ2v) is 4.69. The normalized spacial score (nSPS) is 26.2. The van der Waals surface area contributed by atoms with Crippen molar-refractivity contribution in [2.75, 3.05) is 6.61 Å². The maximum absolute atomic E-state index is 11.6. The molecule has 0 heterocycles. The number of alkyl carbamates (subject to hydrolysis) is 1. The van der Waals surface area contributed by atoms with Crippen LogP contribution in [0.25, 0.3) is 0 Å². The lowest BCUT2D eigenvalue weighted by Gasteiger charge is -2.44. The second kappa shape index (κ2) is 5.37. The summed E-state index contributed by atoms with van der Waals surface area (Å²) in [6.45, 7) is 0.00122. The Morgan fingerprint density at radius 3 is 2.61 bits per heavy atom. The molecule has 5 heteroatoms. The summed E-state index contributed by atoms with van der Waals surface area (Å²) in [6, 6.07) is 9.35. The third-order valence-electron chi connectivity index (χ3n) is 3.14. The highest BCUT2D eigenvalue weighted by Gasteiger charge is 2.44. The van der Waals surface area contributed by atoms with Gasteiger partial charge in [0.25, 0.3) is 0 Å². The molecule has 1 saturated carbocycles. The lowest BCUT2D eigenvalue weighted by atomic mass is 9.75. The fourth-order valence-corrected chi connectivity index (χ4v) is 2.09. The first-order chi connectivity index (χ1) is 8.63. The van der Waals surface area contributed by atoms with Crippen LogP contribution < -0.4 is 5.32 Å². The summed E-state index contributed by atoms with van der Waals surface area (Å²) in [4.78, 5) is 11.6. The van der Waals surface area contributed by atoms with Crippen molar-refractivity contribution in [3.63, 3.8) is 0 Å². The maximum Gasteiger partial charge on any atom is 0.407 e. The first kappa shape index (κ1) is 12.9. The summed E-state index contributed by atoms with van der Waals surface area (Å²) in [7, 11) is 0. The van der Waals surface area contributed by atoms with Gasteiger partial charge in [0.15, 0.2) is 0 Å². The Bertz CT molecular complexity index is 401. The van der Waals surface area contributed by atoms with Gasteiger partial charge >= 0.3 is 6.09 Å². The number of amides is 1. The van der Waals surface area contributed by atoms with Crippen LogP contribution in [0.1, 0.15) is 18.4 Å². The number of aliphatic hydroxyl groups excluding tert-OH is 2. The molecule has 0 bridgehead atoms. The van der Waals surface area contributed by atoms with E-state index in [1.54, 1.807) is 0 Å². The molecule has 1 aromatic carbocycles.